The molecule has 6 nitrogen and oxygen atoms in total. The number of thioether (sulfide) groups is 1. The molecule has 1 N–H and O–H groups in total. The molecular formula is C23H25FN2O4S. The summed E-state index contributed by atoms with van der Waals surface area (Å²) in [5.41, 5.74) is 1.27. The number of hydrogen-bond acceptors (Lipinski definition) is 5. The summed E-state index contributed by atoms with van der Waals surface area (Å²) < 4.78 is 24.0. The fourth-order valence-electron chi connectivity index (χ4n) is 3.72. The summed E-state index contributed by atoms with van der Waals surface area (Å²) in [6, 6.07) is 10.4. The maximum absolute atomic E-state index is 13.3. The van der Waals surface area contributed by atoms with E-state index in [2.05, 4.69) is 19.2 Å². The lowest BCUT2D eigenvalue weighted by molar-refractivity contribution is -0.125. The number of carbonyl (C=O) groups excluding carboxylic acids is 2. The van der Waals surface area contributed by atoms with Crippen molar-refractivity contribution in [1.29, 1.82) is 0 Å². The van der Waals surface area contributed by atoms with Crippen LogP contribution in [0.3, 0.4) is 0 Å². The minimum Gasteiger partial charge on any atom is -0.454 e. The topological polar surface area (TPSA) is 67.9 Å². The predicted molar refractivity (Wildman–Crippen MR) is 116 cm³/mol. The van der Waals surface area contributed by atoms with E-state index in [1.54, 1.807) is 16.7 Å². The molecule has 1 saturated heterocycles. The van der Waals surface area contributed by atoms with Crippen molar-refractivity contribution in [1.82, 2.24) is 10.2 Å². The summed E-state index contributed by atoms with van der Waals surface area (Å²) in [6.45, 7) is 4.70. The van der Waals surface area contributed by atoms with Gasteiger partial charge in [-0.2, -0.15) is 0 Å². The fourth-order valence-corrected chi connectivity index (χ4v) is 5.36. The lowest BCUT2D eigenvalue weighted by Gasteiger charge is -2.30. The van der Waals surface area contributed by atoms with Crippen molar-refractivity contribution in [3.63, 3.8) is 0 Å². The van der Waals surface area contributed by atoms with Crippen LogP contribution in [0.15, 0.2) is 42.5 Å². The highest BCUT2D eigenvalue weighted by Gasteiger charge is 2.41. The molecule has 2 aromatic rings. The molecule has 0 radical (unpaired) electrons. The zero-order valence-electron chi connectivity index (χ0n) is 17.5. The van der Waals surface area contributed by atoms with E-state index in [9.17, 15) is 14.0 Å². The number of benzene rings is 2. The summed E-state index contributed by atoms with van der Waals surface area (Å²) in [4.78, 5) is 28.0. The lowest BCUT2D eigenvalue weighted by Crippen LogP contribution is -2.49. The minimum absolute atomic E-state index is 0.0983. The van der Waals surface area contributed by atoms with Gasteiger partial charge in [-0.15, -0.1) is 11.8 Å². The first-order valence-electron chi connectivity index (χ1n) is 10.3. The second kappa shape index (κ2) is 9.18. The molecule has 2 aliphatic heterocycles. The van der Waals surface area contributed by atoms with Gasteiger partial charge in [0, 0.05) is 17.9 Å². The molecule has 2 aliphatic rings. The van der Waals surface area contributed by atoms with Crippen LogP contribution in [0.25, 0.3) is 0 Å². The number of nitrogens with one attached hydrogen (secondary N) is 1. The highest BCUT2D eigenvalue weighted by molar-refractivity contribution is 8.00. The molecule has 164 valence electrons. The number of rotatable bonds is 6. The van der Waals surface area contributed by atoms with Crippen molar-refractivity contribution >= 4 is 23.6 Å². The van der Waals surface area contributed by atoms with Gasteiger partial charge in [0.15, 0.2) is 11.5 Å². The Kier molecular flexibility index (Phi) is 6.36. The SMILES string of the molecule is CC(C)CC1SCC(C(=O)NCc2ccc3c(c2)OCO3)N1C(=O)c1ccc(F)cc1. The smallest absolute Gasteiger partial charge is 0.255 e. The van der Waals surface area contributed by atoms with Crippen molar-refractivity contribution in [3.05, 3.63) is 59.4 Å². The molecule has 4 rings (SSSR count). The molecule has 0 aliphatic carbocycles. The lowest BCUT2D eigenvalue weighted by atomic mass is 10.1. The molecule has 2 amide bonds. The summed E-state index contributed by atoms with van der Waals surface area (Å²) >= 11 is 1.61. The molecule has 1 fully saturated rings. The first-order chi connectivity index (χ1) is 14.9. The van der Waals surface area contributed by atoms with Gasteiger partial charge in [0.1, 0.15) is 11.9 Å². The maximum Gasteiger partial charge on any atom is 0.255 e. The molecule has 0 spiro atoms. The van der Waals surface area contributed by atoms with Crippen LogP contribution in [0.1, 0.15) is 36.2 Å². The van der Waals surface area contributed by atoms with Gasteiger partial charge in [0.05, 0.1) is 5.37 Å². The molecule has 8 heteroatoms. The van der Waals surface area contributed by atoms with E-state index >= 15 is 0 Å². The van der Waals surface area contributed by atoms with Gasteiger partial charge in [-0.25, -0.2) is 4.39 Å². The van der Waals surface area contributed by atoms with Gasteiger partial charge in [-0.1, -0.05) is 19.9 Å². The Morgan fingerprint density at radius 3 is 2.65 bits per heavy atom. The molecule has 0 saturated carbocycles. The fraction of sp³-hybridized carbons (Fsp3) is 0.391. The Hall–Kier alpha value is -2.74. The standard InChI is InChI=1S/C23H25FN2O4S/c1-14(2)9-21-26(23(28)16-4-6-17(24)7-5-16)18(12-31-21)22(27)25-11-15-3-8-19-20(10-15)30-13-29-19/h3-8,10,14,18,21H,9,11-13H2,1-2H3,(H,25,27). The van der Waals surface area contributed by atoms with Crippen LogP contribution in [-0.4, -0.2) is 40.7 Å². The number of halogens is 1. The number of amides is 2. The van der Waals surface area contributed by atoms with E-state index in [-0.39, 0.29) is 24.0 Å². The molecule has 2 aromatic carbocycles. The summed E-state index contributed by atoms with van der Waals surface area (Å²) in [6.07, 6.45) is 0.781. The Morgan fingerprint density at radius 1 is 1.16 bits per heavy atom. The van der Waals surface area contributed by atoms with E-state index in [1.165, 1.54) is 24.3 Å². The van der Waals surface area contributed by atoms with Gasteiger partial charge >= 0.3 is 0 Å². The van der Waals surface area contributed by atoms with Crippen LogP contribution < -0.4 is 14.8 Å². The molecule has 2 unspecified atom stereocenters. The Morgan fingerprint density at radius 2 is 1.90 bits per heavy atom. The van der Waals surface area contributed by atoms with E-state index in [1.807, 2.05) is 18.2 Å². The van der Waals surface area contributed by atoms with Crippen LogP contribution >= 0.6 is 11.8 Å². The van der Waals surface area contributed by atoms with Gasteiger partial charge in [0.25, 0.3) is 5.91 Å². The average molecular weight is 445 g/mol. The molecule has 31 heavy (non-hydrogen) atoms. The summed E-state index contributed by atoms with van der Waals surface area (Å²) in [7, 11) is 0. The van der Waals surface area contributed by atoms with Gasteiger partial charge < -0.3 is 19.7 Å². The Labute approximate surface area is 185 Å². The van der Waals surface area contributed by atoms with Gasteiger partial charge in [-0.3, -0.25) is 9.59 Å². The summed E-state index contributed by atoms with van der Waals surface area (Å²) in [5, 5.41) is 2.85. The second-order valence-electron chi connectivity index (χ2n) is 8.06. The zero-order chi connectivity index (χ0) is 22.0. The first kappa shape index (κ1) is 21.5. The quantitative estimate of drug-likeness (QED) is 0.734. The first-order valence-corrected chi connectivity index (χ1v) is 11.3. The molecule has 2 heterocycles. The van der Waals surface area contributed by atoms with Crippen LogP contribution in [0, 0.1) is 11.7 Å². The van der Waals surface area contributed by atoms with Crippen LogP contribution in [0.5, 0.6) is 11.5 Å². The third-order valence-electron chi connectivity index (χ3n) is 5.30. The molecule has 0 aromatic heterocycles. The summed E-state index contributed by atoms with van der Waals surface area (Å²) in [5.74, 6) is 1.39. The Bertz CT molecular complexity index is 967. The van der Waals surface area contributed by atoms with Gasteiger partial charge in [-0.05, 0) is 54.3 Å². The van der Waals surface area contributed by atoms with Crippen molar-refractivity contribution in [2.24, 2.45) is 5.92 Å². The molecule has 2 atom stereocenters. The van der Waals surface area contributed by atoms with E-state index < -0.39 is 11.9 Å². The number of fused-ring (bicyclic) bond motifs is 1. The van der Waals surface area contributed by atoms with Crippen molar-refractivity contribution in [2.45, 2.75) is 38.2 Å². The third-order valence-corrected chi connectivity index (χ3v) is 6.61. The van der Waals surface area contributed by atoms with Crippen LogP contribution in [0.4, 0.5) is 4.39 Å². The number of hydrogen-bond donors (Lipinski definition) is 1. The van der Waals surface area contributed by atoms with Gasteiger partial charge in [0.2, 0.25) is 12.7 Å². The molecular weight excluding hydrogens is 419 g/mol. The van der Waals surface area contributed by atoms with Crippen molar-refractivity contribution in [3.8, 4) is 11.5 Å². The number of ether oxygens (including phenoxy) is 2. The third kappa shape index (κ3) is 4.79. The van der Waals surface area contributed by atoms with Crippen LogP contribution in [0.2, 0.25) is 0 Å². The predicted octanol–water partition coefficient (Wildman–Crippen LogP) is 3.80. The van der Waals surface area contributed by atoms with E-state index in [0.29, 0.717) is 35.3 Å². The highest BCUT2D eigenvalue weighted by atomic mass is 32.2. The molecule has 0 bridgehead atoms. The minimum atomic E-state index is -0.583. The highest BCUT2D eigenvalue weighted by Crippen LogP contribution is 2.35. The number of nitrogens with zero attached hydrogens (tertiary/aromatic N) is 1. The average Bonchev–Trinajstić information content (AvgIpc) is 3.38. The Balaban J connectivity index is 1.48. The largest absolute Gasteiger partial charge is 0.454 e. The zero-order valence-corrected chi connectivity index (χ0v) is 18.3. The van der Waals surface area contributed by atoms with E-state index in [0.717, 1.165) is 12.0 Å². The maximum atomic E-state index is 13.3. The van der Waals surface area contributed by atoms with E-state index in [4.69, 9.17) is 9.47 Å². The number of carbonyl (C=O) groups is 2. The second-order valence-corrected chi connectivity index (χ2v) is 9.27. The monoisotopic (exact) mass is 444 g/mol. The van der Waals surface area contributed by atoms with Crippen LogP contribution in [-0.2, 0) is 11.3 Å². The van der Waals surface area contributed by atoms with Crippen molar-refractivity contribution in [2.75, 3.05) is 12.5 Å². The normalized spacial score (nSPS) is 19.7. The van der Waals surface area contributed by atoms with Crippen molar-refractivity contribution < 1.29 is 23.5 Å².